The summed E-state index contributed by atoms with van der Waals surface area (Å²) in [4.78, 5) is 38.7. The van der Waals surface area contributed by atoms with Crippen molar-refractivity contribution >= 4 is 35.3 Å². The predicted molar refractivity (Wildman–Crippen MR) is 122 cm³/mol. The number of carbonyl (C=O) groups is 3. The Kier molecular flexibility index (Phi) is 7.17. The number of piperidine rings is 1. The van der Waals surface area contributed by atoms with Crippen LogP contribution in [0.3, 0.4) is 0 Å². The van der Waals surface area contributed by atoms with Gasteiger partial charge < -0.3 is 19.1 Å². The number of hydrogen-bond donors (Lipinski definition) is 0. The number of fused-ring (bicyclic) bond motifs is 1. The van der Waals surface area contributed by atoms with E-state index in [1.54, 1.807) is 17.9 Å². The maximum absolute atomic E-state index is 14.1. The lowest BCUT2D eigenvalue weighted by molar-refractivity contribution is -0.151. The molecule has 0 N–H and O–H groups in total. The molecule has 1 saturated heterocycles. The van der Waals surface area contributed by atoms with E-state index in [-0.39, 0.29) is 46.5 Å². The van der Waals surface area contributed by atoms with E-state index in [0.717, 1.165) is 0 Å². The fourth-order valence-corrected chi connectivity index (χ4v) is 4.12. The topological polar surface area (TPSA) is 82.1 Å². The minimum absolute atomic E-state index is 0.0558. The number of halogens is 2. The highest BCUT2D eigenvalue weighted by molar-refractivity contribution is 6.32. The molecule has 0 atom stereocenters. The molecule has 0 saturated carbocycles. The van der Waals surface area contributed by atoms with E-state index in [2.05, 4.69) is 0 Å². The van der Waals surface area contributed by atoms with Crippen molar-refractivity contribution in [2.45, 2.75) is 19.8 Å². The van der Waals surface area contributed by atoms with Crippen LogP contribution < -0.4 is 9.47 Å². The molecule has 2 aromatic rings. The van der Waals surface area contributed by atoms with Crippen LogP contribution in [-0.2, 0) is 14.3 Å². The number of nitrogens with zero attached hydrogens (tertiary/aromatic N) is 1. The third-order valence-corrected chi connectivity index (χ3v) is 6.08. The molecule has 2 aliphatic rings. The molecule has 9 heteroatoms. The Bertz CT molecular complexity index is 1140. The van der Waals surface area contributed by atoms with Gasteiger partial charge in [0.1, 0.15) is 17.3 Å². The standard InChI is InChI=1S/C25H23ClFNO6/c1-2-32-25(31)15-8-10-28(11-9-15)23(29)14-33-16-6-7-17-21(12-16)34-22(24(17)30)13-18-19(26)4-3-5-20(18)27/h3-7,12-13,15H,2,8-11,14H2,1H3. The molecular formula is C25H23ClFNO6. The number of benzene rings is 2. The van der Waals surface area contributed by atoms with Gasteiger partial charge in [0.15, 0.2) is 12.4 Å². The van der Waals surface area contributed by atoms with E-state index in [0.29, 0.717) is 43.9 Å². The number of carbonyl (C=O) groups excluding carboxylic acids is 3. The van der Waals surface area contributed by atoms with Crippen molar-refractivity contribution in [3.63, 3.8) is 0 Å². The maximum atomic E-state index is 14.1. The quantitative estimate of drug-likeness (QED) is 0.447. The van der Waals surface area contributed by atoms with Gasteiger partial charge in [-0.2, -0.15) is 0 Å². The van der Waals surface area contributed by atoms with E-state index in [9.17, 15) is 18.8 Å². The molecule has 34 heavy (non-hydrogen) atoms. The number of ether oxygens (including phenoxy) is 3. The zero-order valence-corrected chi connectivity index (χ0v) is 19.3. The largest absolute Gasteiger partial charge is 0.484 e. The van der Waals surface area contributed by atoms with Crippen molar-refractivity contribution < 1.29 is 33.0 Å². The van der Waals surface area contributed by atoms with Crippen molar-refractivity contribution in [2.75, 3.05) is 26.3 Å². The number of likely N-dealkylation sites (tertiary alicyclic amines) is 1. The van der Waals surface area contributed by atoms with Crippen molar-refractivity contribution in [1.82, 2.24) is 4.90 Å². The number of ketones is 1. The van der Waals surface area contributed by atoms with E-state index >= 15 is 0 Å². The van der Waals surface area contributed by atoms with Crippen LogP contribution in [-0.4, -0.2) is 48.9 Å². The average Bonchev–Trinajstić information content (AvgIpc) is 3.14. The second kappa shape index (κ2) is 10.3. The van der Waals surface area contributed by atoms with Gasteiger partial charge in [-0.25, -0.2) is 4.39 Å². The number of amides is 1. The SMILES string of the molecule is CCOC(=O)C1CCN(C(=O)COc2ccc3c(c2)OC(=Cc2c(F)cccc2Cl)C3=O)CC1. The van der Waals surface area contributed by atoms with Crippen LogP contribution in [0.25, 0.3) is 6.08 Å². The summed E-state index contributed by atoms with van der Waals surface area (Å²) in [6.45, 7) is 2.84. The highest BCUT2D eigenvalue weighted by Gasteiger charge is 2.30. The average molecular weight is 488 g/mol. The first-order valence-electron chi connectivity index (χ1n) is 11.0. The summed E-state index contributed by atoms with van der Waals surface area (Å²) in [5.41, 5.74) is 0.368. The Balaban J connectivity index is 1.36. The number of rotatable bonds is 6. The smallest absolute Gasteiger partial charge is 0.309 e. The summed E-state index contributed by atoms with van der Waals surface area (Å²) in [7, 11) is 0. The molecule has 0 radical (unpaired) electrons. The zero-order valence-electron chi connectivity index (χ0n) is 18.5. The first kappa shape index (κ1) is 23.8. The molecule has 2 heterocycles. The molecule has 4 rings (SSSR count). The van der Waals surface area contributed by atoms with Gasteiger partial charge in [0.2, 0.25) is 5.78 Å². The molecule has 0 spiro atoms. The first-order valence-corrected chi connectivity index (χ1v) is 11.3. The fourth-order valence-electron chi connectivity index (χ4n) is 3.90. The van der Waals surface area contributed by atoms with Gasteiger partial charge >= 0.3 is 5.97 Å². The van der Waals surface area contributed by atoms with Gasteiger partial charge in [-0.3, -0.25) is 14.4 Å². The molecular weight excluding hydrogens is 465 g/mol. The van der Waals surface area contributed by atoms with E-state index in [1.165, 1.54) is 36.4 Å². The van der Waals surface area contributed by atoms with Crippen molar-refractivity contribution in [3.05, 3.63) is 64.1 Å². The van der Waals surface area contributed by atoms with Crippen LogP contribution in [0.5, 0.6) is 11.5 Å². The Labute approximate surface area is 201 Å². The number of allylic oxidation sites excluding steroid dienone is 1. The van der Waals surface area contributed by atoms with Crippen LogP contribution in [0.4, 0.5) is 4.39 Å². The van der Waals surface area contributed by atoms with Crippen LogP contribution in [0.2, 0.25) is 5.02 Å². The molecule has 2 aromatic carbocycles. The van der Waals surface area contributed by atoms with Crippen LogP contribution >= 0.6 is 11.6 Å². The Morgan fingerprint density at radius 3 is 2.71 bits per heavy atom. The number of Topliss-reactive ketones (excluding diaryl/α,β-unsaturated/α-hetero) is 1. The lowest BCUT2D eigenvalue weighted by Crippen LogP contribution is -2.42. The summed E-state index contributed by atoms with van der Waals surface area (Å²) in [5.74, 6) is -1.02. The summed E-state index contributed by atoms with van der Waals surface area (Å²) in [6.07, 6.45) is 2.38. The third kappa shape index (κ3) is 5.07. The second-order valence-electron chi connectivity index (χ2n) is 7.93. The van der Waals surface area contributed by atoms with Gasteiger partial charge in [-0.15, -0.1) is 0 Å². The maximum Gasteiger partial charge on any atom is 0.309 e. The fraction of sp³-hybridized carbons (Fsp3) is 0.320. The molecule has 2 aliphatic heterocycles. The van der Waals surface area contributed by atoms with Crippen molar-refractivity contribution in [3.8, 4) is 11.5 Å². The van der Waals surface area contributed by atoms with Gasteiger partial charge in [-0.1, -0.05) is 17.7 Å². The highest BCUT2D eigenvalue weighted by Crippen LogP contribution is 2.36. The monoisotopic (exact) mass is 487 g/mol. The summed E-state index contributed by atoms with van der Waals surface area (Å²) >= 11 is 6.03. The van der Waals surface area contributed by atoms with Gasteiger partial charge in [0, 0.05) is 24.7 Å². The zero-order chi connectivity index (χ0) is 24.2. The molecule has 178 valence electrons. The number of esters is 1. The molecule has 0 bridgehead atoms. The van der Waals surface area contributed by atoms with E-state index in [1.807, 2.05) is 0 Å². The first-order chi connectivity index (χ1) is 16.4. The predicted octanol–water partition coefficient (Wildman–Crippen LogP) is 4.28. The highest BCUT2D eigenvalue weighted by atomic mass is 35.5. The van der Waals surface area contributed by atoms with Crippen LogP contribution in [0.1, 0.15) is 35.7 Å². The van der Waals surface area contributed by atoms with E-state index < -0.39 is 11.6 Å². The summed E-state index contributed by atoms with van der Waals surface area (Å²) in [6, 6.07) is 8.85. The Morgan fingerprint density at radius 2 is 2.00 bits per heavy atom. The van der Waals surface area contributed by atoms with Gasteiger partial charge in [0.25, 0.3) is 5.91 Å². The van der Waals surface area contributed by atoms with Crippen LogP contribution in [0.15, 0.2) is 42.2 Å². The van der Waals surface area contributed by atoms with E-state index in [4.69, 9.17) is 25.8 Å². The molecule has 0 aliphatic carbocycles. The Morgan fingerprint density at radius 1 is 1.24 bits per heavy atom. The normalized spacial score (nSPS) is 16.9. The minimum Gasteiger partial charge on any atom is -0.484 e. The molecule has 1 amide bonds. The Hall–Kier alpha value is -3.39. The van der Waals surface area contributed by atoms with Crippen molar-refractivity contribution in [1.29, 1.82) is 0 Å². The lowest BCUT2D eigenvalue weighted by Gasteiger charge is -2.30. The lowest BCUT2D eigenvalue weighted by atomic mass is 9.97. The second-order valence-corrected chi connectivity index (χ2v) is 8.34. The van der Waals surface area contributed by atoms with Crippen LogP contribution in [0, 0.1) is 11.7 Å². The molecule has 1 fully saturated rings. The minimum atomic E-state index is -0.568. The third-order valence-electron chi connectivity index (χ3n) is 5.75. The van der Waals surface area contributed by atoms with Gasteiger partial charge in [0.05, 0.1) is 23.1 Å². The van der Waals surface area contributed by atoms with Crippen molar-refractivity contribution in [2.24, 2.45) is 5.92 Å². The van der Waals surface area contributed by atoms with Gasteiger partial charge in [-0.05, 0) is 50.1 Å². The molecule has 7 nitrogen and oxygen atoms in total. The molecule has 0 aromatic heterocycles. The molecule has 0 unspecified atom stereocenters. The summed E-state index contributed by atoms with van der Waals surface area (Å²) < 4.78 is 30.4. The summed E-state index contributed by atoms with van der Waals surface area (Å²) in [5, 5.41) is 0.161. The number of hydrogen-bond acceptors (Lipinski definition) is 6.